The lowest BCUT2D eigenvalue weighted by Gasteiger charge is -2.22. The van der Waals surface area contributed by atoms with Crippen LogP contribution in [-0.2, 0) is 6.54 Å². The molecule has 0 spiro atoms. The SMILES string of the molecule is CCN(Cc1nnsc1N)c1ccc(C)cc1. The molecule has 0 atom stereocenters. The molecule has 0 bridgehead atoms. The predicted octanol–water partition coefficient (Wildman–Crippen LogP) is 2.46. The van der Waals surface area contributed by atoms with Crippen molar-refractivity contribution in [3.8, 4) is 0 Å². The lowest BCUT2D eigenvalue weighted by molar-refractivity contribution is 0.805. The Labute approximate surface area is 105 Å². The summed E-state index contributed by atoms with van der Waals surface area (Å²) in [5.41, 5.74) is 9.12. The lowest BCUT2D eigenvalue weighted by Crippen LogP contribution is -2.22. The van der Waals surface area contributed by atoms with Crippen LogP contribution in [0.2, 0.25) is 0 Å². The molecule has 1 heterocycles. The zero-order valence-electron chi connectivity index (χ0n) is 10.1. The van der Waals surface area contributed by atoms with Crippen LogP contribution in [0.3, 0.4) is 0 Å². The molecule has 5 heteroatoms. The van der Waals surface area contributed by atoms with E-state index in [2.05, 4.69) is 52.6 Å². The van der Waals surface area contributed by atoms with Crippen molar-refractivity contribution in [3.05, 3.63) is 35.5 Å². The zero-order chi connectivity index (χ0) is 12.3. The minimum Gasteiger partial charge on any atom is -0.388 e. The van der Waals surface area contributed by atoms with Crippen LogP contribution in [0.15, 0.2) is 24.3 Å². The van der Waals surface area contributed by atoms with Gasteiger partial charge in [-0.1, -0.05) is 22.2 Å². The Bertz CT molecular complexity index is 478. The molecule has 0 amide bonds. The van der Waals surface area contributed by atoms with Crippen LogP contribution in [0.25, 0.3) is 0 Å². The van der Waals surface area contributed by atoms with E-state index >= 15 is 0 Å². The van der Waals surface area contributed by atoms with E-state index in [4.69, 9.17) is 5.73 Å². The van der Waals surface area contributed by atoms with Crippen LogP contribution in [0.1, 0.15) is 18.2 Å². The van der Waals surface area contributed by atoms with Gasteiger partial charge in [-0.3, -0.25) is 0 Å². The molecule has 0 aliphatic rings. The van der Waals surface area contributed by atoms with Crippen LogP contribution in [0, 0.1) is 6.92 Å². The molecule has 0 fully saturated rings. The molecule has 1 aromatic carbocycles. The quantitative estimate of drug-likeness (QED) is 0.903. The predicted molar refractivity (Wildman–Crippen MR) is 72.2 cm³/mol. The number of hydrogen-bond donors (Lipinski definition) is 1. The molecule has 0 saturated carbocycles. The number of aryl methyl sites for hydroxylation is 1. The number of nitrogen functional groups attached to an aromatic ring is 1. The Morgan fingerprint density at radius 3 is 2.53 bits per heavy atom. The second-order valence-electron chi connectivity index (χ2n) is 3.93. The van der Waals surface area contributed by atoms with Crippen molar-refractivity contribution in [1.29, 1.82) is 0 Å². The second kappa shape index (κ2) is 5.14. The number of rotatable bonds is 4. The molecule has 0 unspecified atom stereocenters. The number of aromatic nitrogens is 2. The summed E-state index contributed by atoms with van der Waals surface area (Å²) in [6.45, 7) is 5.83. The molecular weight excluding hydrogens is 232 g/mol. The van der Waals surface area contributed by atoms with Gasteiger partial charge in [0, 0.05) is 23.8 Å². The topological polar surface area (TPSA) is 55.0 Å². The van der Waals surface area contributed by atoms with Gasteiger partial charge >= 0.3 is 0 Å². The molecule has 2 rings (SSSR count). The van der Waals surface area contributed by atoms with Crippen LogP contribution in [-0.4, -0.2) is 16.1 Å². The first-order chi connectivity index (χ1) is 8.20. The first-order valence-corrected chi connectivity index (χ1v) is 6.36. The average Bonchev–Trinajstić information content (AvgIpc) is 2.73. The summed E-state index contributed by atoms with van der Waals surface area (Å²) in [5, 5.41) is 4.75. The van der Waals surface area contributed by atoms with Crippen molar-refractivity contribution < 1.29 is 0 Å². The Hall–Kier alpha value is -1.62. The molecule has 2 N–H and O–H groups in total. The number of nitrogens with two attached hydrogens (primary N) is 1. The summed E-state index contributed by atoms with van der Waals surface area (Å²) < 4.78 is 3.86. The largest absolute Gasteiger partial charge is 0.388 e. The molecular formula is C12H16N4S. The van der Waals surface area contributed by atoms with Gasteiger partial charge in [-0.2, -0.15) is 0 Å². The molecule has 0 aliphatic heterocycles. The number of nitrogens with zero attached hydrogens (tertiary/aromatic N) is 3. The maximum Gasteiger partial charge on any atom is 0.132 e. The highest BCUT2D eigenvalue weighted by atomic mass is 32.1. The van der Waals surface area contributed by atoms with Gasteiger partial charge in [0.1, 0.15) is 10.7 Å². The minimum atomic E-state index is 0.704. The first kappa shape index (κ1) is 11.9. The van der Waals surface area contributed by atoms with Crippen molar-refractivity contribution in [2.24, 2.45) is 0 Å². The van der Waals surface area contributed by atoms with E-state index in [1.165, 1.54) is 22.8 Å². The normalized spacial score (nSPS) is 10.5. The first-order valence-electron chi connectivity index (χ1n) is 5.59. The Balaban J connectivity index is 2.17. The smallest absolute Gasteiger partial charge is 0.132 e. The summed E-state index contributed by atoms with van der Waals surface area (Å²) in [4.78, 5) is 2.23. The van der Waals surface area contributed by atoms with Crippen molar-refractivity contribution in [3.63, 3.8) is 0 Å². The molecule has 0 aliphatic carbocycles. The number of benzene rings is 1. The fourth-order valence-electron chi connectivity index (χ4n) is 1.65. The van der Waals surface area contributed by atoms with Gasteiger partial charge in [-0.05, 0) is 26.0 Å². The maximum atomic E-state index is 5.81. The summed E-state index contributed by atoms with van der Waals surface area (Å²) >= 11 is 1.24. The third-order valence-electron chi connectivity index (χ3n) is 2.71. The average molecular weight is 248 g/mol. The van der Waals surface area contributed by atoms with Gasteiger partial charge in [0.2, 0.25) is 0 Å². The van der Waals surface area contributed by atoms with E-state index in [1.807, 2.05) is 0 Å². The van der Waals surface area contributed by atoms with Crippen molar-refractivity contribution in [1.82, 2.24) is 9.59 Å². The van der Waals surface area contributed by atoms with Gasteiger partial charge in [0.25, 0.3) is 0 Å². The highest BCUT2D eigenvalue weighted by Gasteiger charge is 2.10. The van der Waals surface area contributed by atoms with E-state index in [9.17, 15) is 0 Å². The highest BCUT2D eigenvalue weighted by Crippen LogP contribution is 2.20. The standard InChI is InChI=1S/C12H16N4S/c1-3-16(8-11-12(13)17-15-14-11)10-6-4-9(2)5-7-10/h4-7H,3,8,13H2,1-2H3. The fourth-order valence-corrected chi connectivity index (χ4v) is 2.09. The van der Waals surface area contributed by atoms with E-state index < -0.39 is 0 Å². The Kier molecular flexibility index (Phi) is 3.58. The molecule has 2 aromatic rings. The van der Waals surface area contributed by atoms with Crippen LogP contribution in [0.5, 0.6) is 0 Å². The maximum absolute atomic E-state index is 5.81. The van der Waals surface area contributed by atoms with E-state index in [-0.39, 0.29) is 0 Å². The fraction of sp³-hybridized carbons (Fsp3) is 0.333. The van der Waals surface area contributed by atoms with E-state index in [0.717, 1.165) is 12.2 Å². The van der Waals surface area contributed by atoms with Crippen molar-refractivity contribution in [2.45, 2.75) is 20.4 Å². The van der Waals surface area contributed by atoms with Crippen LogP contribution >= 0.6 is 11.5 Å². The molecule has 0 radical (unpaired) electrons. The molecule has 4 nitrogen and oxygen atoms in total. The van der Waals surface area contributed by atoms with E-state index in [1.54, 1.807) is 0 Å². The Morgan fingerprint density at radius 2 is 2.00 bits per heavy atom. The third-order valence-corrected chi connectivity index (χ3v) is 3.30. The zero-order valence-corrected chi connectivity index (χ0v) is 10.9. The van der Waals surface area contributed by atoms with E-state index in [0.29, 0.717) is 11.5 Å². The highest BCUT2D eigenvalue weighted by molar-refractivity contribution is 7.09. The summed E-state index contributed by atoms with van der Waals surface area (Å²) in [6, 6.07) is 8.46. The second-order valence-corrected chi connectivity index (χ2v) is 4.72. The van der Waals surface area contributed by atoms with Gasteiger partial charge in [-0.15, -0.1) is 5.10 Å². The molecule has 0 saturated heterocycles. The molecule has 90 valence electrons. The van der Waals surface area contributed by atoms with Gasteiger partial charge in [0.15, 0.2) is 0 Å². The Morgan fingerprint density at radius 1 is 1.29 bits per heavy atom. The van der Waals surface area contributed by atoms with Gasteiger partial charge in [-0.25, -0.2) is 0 Å². The number of anilines is 2. The molecule has 17 heavy (non-hydrogen) atoms. The summed E-state index contributed by atoms with van der Waals surface area (Å²) in [5.74, 6) is 0. The van der Waals surface area contributed by atoms with Crippen LogP contribution in [0.4, 0.5) is 10.7 Å². The minimum absolute atomic E-state index is 0.704. The monoisotopic (exact) mass is 248 g/mol. The summed E-state index contributed by atoms with van der Waals surface area (Å²) in [6.07, 6.45) is 0. The summed E-state index contributed by atoms with van der Waals surface area (Å²) in [7, 11) is 0. The molecule has 1 aromatic heterocycles. The van der Waals surface area contributed by atoms with Gasteiger partial charge < -0.3 is 10.6 Å². The lowest BCUT2D eigenvalue weighted by atomic mass is 10.2. The van der Waals surface area contributed by atoms with Gasteiger partial charge in [0.05, 0.1) is 6.54 Å². The van der Waals surface area contributed by atoms with Crippen molar-refractivity contribution >= 4 is 22.2 Å². The van der Waals surface area contributed by atoms with Crippen LogP contribution < -0.4 is 10.6 Å². The number of hydrogen-bond acceptors (Lipinski definition) is 5. The third kappa shape index (κ3) is 2.74. The van der Waals surface area contributed by atoms with Crippen molar-refractivity contribution in [2.75, 3.05) is 17.2 Å².